The number of nitro benzene ring substituents is 1. The van der Waals surface area contributed by atoms with Crippen LogP contribution in [0.15, 0.2) is 34.3 Å². The monoisotopic (exact) mass is 217 g/mol. The van der Waals surface area contributed by atoms with Crippen LogP contribution < -0.4 is 0 Å². The Balaban J connectivity index is 2.19. The third-order valence-electron chi connectivity index (χ3n) is 2.07. The van der Waals surface area contributed by atoms with E-state index < -0.39 is 11.0 Å². The first-order chi connectivity index (χ1) is 7.65. The van der Waals surface area contributed by atoms with E-state index in [1.807, 2.05) is 0 Å². The highest BCUT2D eigenvalue weighted by molar-refractivity contribution is 6.37. The van der Waals surface area contributed by atoms with Gasteiger partial charge in [0.05, 0.1) is 16.8 Å². The second-order valence-electron chi connectivity index (χ2n) is 3.25. The number of nitro groups is 1. The van der Waals surface area contributed by atoms with Crippen molar-refractivity contribution < 1.29 is 9.72 Å². The van der Waals surface area contributed by atoms with E-state index in [9.17, 15) is 14.9 Å². The highest BCUT2D eigenvalue weighted by Crippen LogP contribution is 2.14. The molecular formula is C10H7N3O3. The summed E-state index contributed by atoms with van der Waals surface area (Å²) < 4.78 is 0. The van der Waals surface area contributed by atoms with Crippen LogP contribution in [0.3, 0.4) is 0 Å². The first kappa shape index (κ1) is 10.2. The van der Waals surface area contributed by atoms with E-state index in [4.69, 9.17) is 0 Å². The fourth-order valence-electron chi connectivity index (χ4n) is 1.38. The Morgan fingerprint density at radius 1 is 1.38 bits per heavy atom. The van der Waals surface area contributed by atoms with Crippen LogP contribution in [-0.2, 0) is 6.42 Å². The minimum Gasteiger partial charge on any atom is -0.258 e. The fraction of sp³-hybridized carbons (Fsp3) is 0.100. The lowest BCUT2D eigenvalue weighted by Crippen LogP contribution is -2.02. The Morgan fingerprint density at radius 3 is 2.81 bits per heavy atom. The van der Waals surface area contributed by atoms with Gasteiger partial charge in [-0.1, -0.05) is 12.1 Å². The van der Waals surface area contributed by atoms with Crippen molar-refractivity contribution in [2.75, 3.05) is 0 Å². The summed E-state index contributed by atoms with van der Waals surface area (Å²) in [4.78, 5) is 27.9. The van der Waals surface area contributed by atoms with Crippen LogP contribution in [0.25, 0.3) is 0 Å². The first-order valence-corrected chi connectivity index (χ1v) is 4.54. The molecule has 0 fully saturated rings. The van der Waals surface area contributed by atoms with Gasteiger partial charge in [-0.3, -0.25) is 10.1 Å². The summed E-state index contributed by atoms with van der Waals surface area (Å²) in [6.07, 6.45) is 1.75. The maximum absolute atomic E-state index is 10.7. The number of urea groups is 1. The van der Waals surface area contributed by atoms with Gasteiger partial charge in [0, 0.05) is 18.6 Å². The zero-order valence-electron chi connectivity index (χ0n) is 8.16. The Kier molecular flexibility index (Phi) is 2.55. The first-order valence-electron chi connectivity index (χ1n) is 4.54. The molecule has 0 spiro atoms. The lowest BCUT2D eigenvalue weighted by Gasteiger charge is -1.98. The quantitative estimate of drug-likeness (QED) is 0.571. The van der Waals surface area contributed by atoms with Gasteiger partial charge < -0.3 is 0 Å². The highest BCUT2D eigenvalue weighted by Gasteiger charge is 2.11. The SMILES string of the molecule is O=C1N=CC(Cc2cccc([N+](=O)[O-])c2)=N1. The number of hydrogen-bond donors (Lipinski definition) is 0. The number of aliphatic imine (C=N–C) groups is 2. The molecule has 1 aromatic carbocycles. The topological polar surface area (TPSA) is 84.9 Å². The molecule has 1 heterocycles. The number of benzene rings is 1. The predicted octanol–water partition coefficient (Wildman–Crippen LogP) is 1.78. The molecule has 1 aromatic rings. The number of amides is 2. The molecule has 0 atom stereocenters. The molecule has 0 bridgehead atoms. The van der Waals surface area contributed by atoms with Crippen molar-refractivity contribution in [1.29, 1.82) is 0 Å². The van der Waals surface area contributed by atoms with E-state index in [0.717, 1.165) is 5.56 Å². The van der Waals surface area contributed by atoms with Crippen LogP contribution in [-0.4, -0.2) is 22.9 Å². The molecule has 6 heteroatoms. The normalized spacial score (nSPS) is 14.0. The summed E-state index contributed by atoms with van der Waals surface area (Å²) >= 11 is 0. The van der Waals surface area contributed by atoms with Crippen LogP contribution in [0.2, 0.25) is 0 Å². The Hall–Kier alpha value is -2.37. The second-order valence-corrected chi connectivity index (χ2v) is 3.25. The van der Waals surface area contributed by atoms with E-state index in [1.165, 1.54) is 18.3 Å². The van der Waals surface area contributed by atoms with Gasteiger partial charge in [-0.05, 0) is 5.56 Å². The molecule has 0 unspecified atom stereocenters. The fourth-order valence-corrected chi connectivity index (χ4v) is 1.38. The zero-order chi connectivity index (χ0) is 11.5. The minimum absolute atomic E-state index is 0.0272. The third kappa shape index (κ3) is 2.17. The number of non-ortho nitro benzene ring substituents is 1. The van der Waals surface area contributed by atoms with E-state index in [0.29, 0.717) is 12.1 Å². The van der Waals surface area contributed by atoms with Gasteiger partial charge in [-0.15, -0.1) is 0 Å². The minimum atomic E-state index is -0.527. The van der Waals surface area contributed by atoms with Crippen LogP contribution in [0, 0.1) is 10.1 Å². The molecule has 2 rings (SSSR count). The lowest BCUT2D eigenvalue weighted by atomic mass is 10.1. The van der Waals surface area contributed by atoms with E-state index >= 15 is 0 Å². The van der Waals surface area contributed by atoms with Crippen LogP contribution in [0.4, 0.5) is 10.5 Å². The number of hydrogen-bond acceptors (Lipinski definition) is 3. The van der Waals surface area contributed by atoms with Gasteiger partial charge in [0.25, 0.3) is 5.69 Å². The van der Waals surface area contributed by atoms with Crippen molar-refractivity contribution in [3.8, 4) is 0 Å². The molecule has 16 heavy (non-hydrogen) atoms. The molecule has 1 aliphatic heterocycles. The third-order valence-corrected chi connectivity index (χ3v) is 2.07. The molecule has 0 aliphatic carbocycles. The average molecular weight is 217 g/mol. The highest BCUT2D eigenvalue weighted by atomic mass is 16.6. The summed E-state index contributed by atoms with van der Waals surface area (Å²) in [5.74, 6) is 0. The number of carbonyl (C=O) groups excluding carboxylic acids is 1. The van der Waals surface area contributed by atoms with Crippen molar-refractivity contribution >= 4 is 23.6 Å². The number of rotatable bonds is 3. The van der Waals surface area contributed by atoms with Gasteiger partial charge >= 0.3 is 6.03 Å². The summed E-state index contributed by atoms with van der Waals surface area (Å²) in [5, 5.41) is 10.5. The van der Waals surface area contributed by atoms with Gasteiger partial charge in [0.1, 0.15) is 0 Å². The maximum Gasteiger partial charge on any atom is 0.367 e. The molecule has 0 N–H and O–H groups in total. The molecule has 2 amide bonds. The van der Waals surface area contributed by atoms with Crippen LogP contribution in [0.5, 0.6) is 0 Å². The van der Waals surface area contributed by atoms with Gasteiger partial charge in [0.2, 0.25) is 0 Å². The second kappa shape index (κ2) is 4.01. The van der Waals surface area contributed by atoms with Crippen molar-refractivity contribution in [1.82, 2.24) is 0 Å². The number of carbonyl (C=O) groups is 1. The Bertz CT molecular complexity index is 520. The van der Waals surface area contributed by atoms with Crippen LogP contribution >= 0.6 is 0 Å². The summed E-state index contributed by atoms with van der Waals surface area (Å²) in [6, 6.07) is 5.69. The lowest BCUT2D eigenvalue weighted by molar-refractivity contribution is -0.384. The summed E-state index contributed by atoms with van der Waals surface area (Å²) in [7, 11) is 0. The van der Waals surface area contributed by atoms with Crippen LogP contribution in [0.1, 0.15) is 5.56 Å². The molecule has 0 saturated heterocycles. The molecule has 6 nitrogen and oxygen atoms in total. The smallest absolute Gasteiger partial charge is 0.258 e. The summed E-state index contributed by atoms with van der Waals surface area (Å²) in [5.41, 5.74) is 1.28. The predicted molar refractivity (Wildman–Crippen MR) is 58.1 cm³/mol. The molecular weight excluding hydrogens is 210 g/mol. The van der Waals surface area contributed by atoms with E-state index in [-0.39, 0.29) is 5.69 Å². The Labute approximate surface area is 90.5 Å². The van der Waals surface area contributed by atoms with Gasteiger partial charge in [-0.2, -0.15) is 9.98 Å². The standard InChI is InChI=1S/C10H7N3O3/c14-10-11-6-8(12-10)4-7-2-1-3-9(5-7)13(15)16/h1-3,5-6H,4H2. The average Bonchev–Trinajstić information content (AvgIpc) is 2.64. The van der Waals surface area contributed by atoms with Crippen molar-refractivity contribution in [3.05, 3.63) is 39.9 Å². The largest absolute Gasteiger partial charge is 0.367 e. The van der Waals surface area contributed by atoms with Gasteiger partial charge in [0.15, 0.2) is 0 Å². The van der Waals surface area contributed by atoms with Crippen molar-refractivity contribution in [2.45, 2.75) is 6.42 Å². The van der Waals surface area contributed by atoms with E-state index in [1.54, 1.807) is 12.1 Å². The Morgan fingerprint density at radius 2 is 2.19 bits per heavy atom. The molecule has 0 aromatic heterocycles. The van der Waals surface area contributed by atoms with E-state index in [2.05, 4.69) is 9.98 Å². The van der Waals surface area contributed by atoms with Gasteiger partial charge in [-0.25, -0.2) is 4.79 Å². The summed E-state index contributed by atoms with van der Waals surface area (Å²) in [6.45, 7) is 0. The maximum atomic E-state index is 10.7. The van der Waals surface area contributed by atoms with Crippen molar-refractivity contribution in [2.24, 2.45) is 9.98 Å². The molecule has 0 radical (unpaired) electrons. The van der Waals surface area contributed by atoms with Crippen molar-refractivity contribution in [3.63, 3.8) is 0 Å². The zero-order valence-corrected chi connectivity index (χ0v) is 8.16. The molecule has 80 valence electrons. The number of nitrogens with zero attached hydrogens (tertiary/aromatic N) is 3. The molecule has 0 saturated carbocycles. The molecule has 1 aliphatic rings.